The van der Waals surface area contributed by atoms with E-state index in [2.05, 4.69) is 78.7 Å². The van der Waals surface area contributed by atoms with E-state index in [1.165, 1.54) is 22.3 Å². The van der Waals surface area contributed by atoms with Crippen molar-refractivity contribution in [3.63, 3.8) is 0 Å². The van der Waals surface area contributed by atoms with Crippen molar-refractivity contribution in [2.75, 3.05) is 0 Å². The molecular formula is C23H20N2O. The van der Waals surface area contributed by atoms with Crippen LogP contribution in [0.2, 0.25) is 0 Å². The second-order valence-corrected chi connectivity index (χ2v) is 6.84. The molecule has 2 aliphatic heterocycles. The third kappa shape index (κ3) is 2.48. The van der Waals surface area contributed by atoms with Crippen molar-refractivity contribution in [1.82, 2.24) is 5.01 Å². The first-order valence-electron chi connectivity index (χ1n) is 9.07. The maximum absolute atomic E-state index is 6.03. The molecule has 0 saturated carbocycles. The van der Waals surface area contributed by atoms with Gasteiger partial charge in [0.2, 0.25) is 0 Å². The molecule has 26 heavy (non-hydrogen) atoms. The molecule has 0 unspecified atom stereocenters. The highest BCUT2D eigenvalue weighted by molar-refractivity contribution is 6.02. The van der Waals surface area contributed by atoms with Gasteiger partial charge in [-0.1, -0.05) is 72.8 Å². The zero-order valence-electron chi connectivity index (χ0n) is 14.7. The van der Waals surface area contributed by atoms with Crippen LogP contribution in [-0.4, -0.2) is 16.9 Å². The second-order valence-electron chi connectivity index (χ2n) is 6.84. The van der Waals surface area contributed by atoms with E-state index in [4.69, 9.17) is 9.84 Å². The van der Waals surface area contributed by atoms with Crippen molar-refractivity contribution in [2.24, 2.45) is 5.10 Å². The molecule has 0 N–H and O–H groups in total. The maximum Gasteiger partial charge on any atom is 0.185 e. The predicted molar refractivity (Wildman–Crippen MR) is 104 cm³/mol. The quantitative estimate of drug-likeness (QED) is 0.637. The van der Waals surface area contributed by atoms with Gasteiger partial charge in [-0.05, 0) is 29.7 Å². The average molecular weight is 340 g/mol. The first kappa shape index (κ1) is 15.2. The molecular weight excluding hydrogens is 320 g/mol. The lowest BCUT2D eigenvalue weighted by Crippen LogP contribution is -2.37. The van der Waals surface area contributed by atoms with Crippen LogP contribution < -0.4 is 4.74 Å². The van der Waals surface area contributed by atoms with Crippen molar-refractivity contribution in [2.45, 2.75) is 25.6 Å². The summed E-state index contributed by atoms with van der Waals surface area (Å²) in [5.74, 6) is 0.983. The standard InChI is InChI=1S/C23H20N2O/c1-16-25-22(20-9-5-6-10-23(20)26-16)15-21(24-25)19-13-11-18(12-14-19)17-7-3-2-4-8-17/h2-14,16,22H,15H2,1H3/t16-,22+/m1/s1. The fourth-order valence-corrected chi connectivity index (χ4v) is 3.88. The van der Waals surface area contributed by atoms with E-state index in [9.17, 15) is 0 Å². The second kappa shape index (κ2) is 6.03. The topological polar surface area (TPSA) is 24.8 Å². The number of hydrazone groups is 1. The molecule has 0 saturated heterocycles. The maximum atomic E-state index is 6.03. The SMILES string of the molecule is C[C@H]1Oc2ccccc2[C@@H]2CC(c3ccc(-c4ccccc4)cc3)=NN12. The van der Waals surface area contributed by atoms with Gasteiger partial charge in [0.1, 0.15) is 5.75 Å². The summed E-state index contributed by atoms with van der Waals surface area (Å²) in [5.41, 5.74) is 6.00. The van der Waals surface area contributed by atoms with Gasteiger partial charge in [0.05, 0.1) is 11.8 Å². The number of ether oxygens (including phenoxy) is 1. The molecule has 5 rings (SSSR count). The van der Waals surface area contributed by atoms with Crippen molar-refractivity contribution < 1.29 is 4.74 Å². The summed E-state index contributed by atoms with van der Waals surface area (Å²) in [6.07, 6.45) is 0.867. The molecule has 3 aromatic rings. The van der Waals surface area contributed by atoms with Gasteiger partial charge >= 0.3 is 0 Å². The van der Waals surface area contributed by atoms with Gasteiger partial charge in [0.15, 0.2) is 6.23 Å². The van der Waals surface area contributed by atoms with Crippen LogP contribution >= 0.6 is 0 Å². The van der Waals surface area contributed by atoms with Crippen LogP contribution in [0, 0.1) is 0 Å². The Morgan fingerprint density at radius 3 is 2.27 bits per heavy atom. The summed E-state index contributed by atoms with van der Waals surface area (Å²) >= 11 is 0. The Hall–Kier alpha value is -3.07. The number of hydrogen-bond acceptors (Lipinski definition) is 3. The molecule has 3 aromatic carbocycles. The number of para-hydroxylation sites is 1. The zero-order chi connectivity index (χ0) is 17.5. The molecule has 3 nitrogen and oxygen atoms in total. The van der Waals surface area contributed by atoms with Crippen LogP contribution in [-0.2, 0) is 0 Å². The summed E-state index contributed by atoms with van der Waals surface area (Å²) in [7, 11) is 0. The molecule has 0 amide bonds. The lowest BCUT2D eigenvalue weighted by Gasteiger charge is -2.36. The van der Waals surface area contributed by atoms with Gasteiger partial charge in [-0.3, -0.25) is 5.01 Å². The molecule has 0 radical (unpaired) electrons. The Kier molecular flexibility index (Phi) is 3.52. The minimum atomic E-state index is -0.0454. The molecule has 0 fully saturated rings. The summed E-state index contributed by atoms with van der Waals surface area (Å²) in [6.45, 7) is 2.06. The van der Waals surface area contributed by atoms with Crippen LogP contribution in [0.15, 0.2) is 84.0 Å². The minimum absolute atomic E-state index is 0.0454. The molecule has 3 heteroatoms. The van der Waals surface area contributed by atoms with Crippen LogP contribution in [0.4, 0.5) is 0 Å². The Bertz CT molecular complexity index is 963. The number of nitrogens with zero attached hydrogens (tertiary/aromatic N) is 2. The Morgan fingerprint density at radius 2 is 1.46 bits per heavy atom. The summed E-state index contributed by atoms with van der Waals surface area (Å²) in [6, 6.07) is 27.7. The van der Waals surface area contributed by atoms with Gasteiger partial charge in [-0.15, -0.1) is 0 Å². The molecule has 2 atom stereocenters. The van der Waals surface area contributed by atoms with Crippen molar-refractivity contribution >= 4 is 5.71 Å². The fourth-order valence-electron chi connectivity index (χ4n) is 3.88. The lowest BCUT2D eigenvalue weighted by atomic mass is 9.95. The lowest BCUT2D eigenvalue weighted by molar-refractivity contribution is -0.00334. The number of hydrogen-bond donors (Lipinski definition) is 0. The van der Waals surface area contributed by atoms with Crippen LogP contribution in [0.25, 0.3) is 11.1 Å². The van der Waals surface area contributed by atoms with E-state index in [-0.39, 0.29) is 12.3 Å². The van der Waals surface area contributed by atoms with Gasteiger partial charge < -0.3 is 4.74 Å². The van der Waals surface area contributed by atoms with Crippen molar-refractivity contribution in [1.29, 1.82) is 0 Å². The molecule has 0 aliphatic carbocycles. The third-order valence-electron chi connectivity index (χ3n) is 5.22. The highest BCUT2D eigenvalue weighted by atomic mass is 16.5. The van der Waals surface area contributed by atoms with Crippen molar-refractivity contribution in [3.05, 3.63) is 90.0 Å². The highest BCUT2D eigenvalue weighted by Crippen LogP contribution is 2.42. The van der Waals surface area contributed by atoms with E-state index in [0.717, 1.165) is 17.9 Å². The Morgan fingerprint density at radius 1 is 0.808 bits per heavy atom. The molecule has 2 aliphatic rings. The summed E-state index contributed by atoms with van der Waals surface area (Å²) < 4.78 is 6.03. The smallest absolute Gasteiger partial charge is 0.185 e. The molecule has 128 valence electrons. The van der Waals surface area contributed by atoms with E-state index >= 15 is 0 Å². The zero-order valence-corrected chi connectivity index (χ0v) is 14.7. The monoisotopic (exact) mass is 340 g/mol. The van der Waals surface area contributed by atoms with Gasteiger partial charge in [0, 0.05) is 12.0 Å². The van der Waals surface area contributed by atoms with E-state index in [1.54, 1.807) is 0 Å². The number of rotatable bonds is 2. The predicted octanol–water partition coefficient (Wildman–Crippen LogP) is 5.24. The van der Waals surface area contributed by atoms with Gasteiger partial charge in [-0.2, -0.15) is 5.10 Å². The van der Waals surface area contributed by atoms with Crippen LogP contribution in [0.1, 0.15) is 30.5 Å². The normalized spacial score (nSPS) is 20.8. The summed E-state index contributed by atoms with van der Waals surface area (Å²) in [4.78, 5) is 0. The molecule has 0 spiro atoms. The van der Waals surface area contributed by atoms with Gasteiger partial charge in [0.25, 0.3) is 0 Å². The van der Waals surface area contributed by atoms with Gasteiger partial charge in [-0.25, -0.2) is 0 Å². The van der Waals surface area contributed by atoms with E-state index in [0.29, 0.717) is 0 Å². The summed E-state index contributed by atoms with van der Waals surface area (Å²) in [5, 5.41) is 6.99. The largest absolute Gasteiger partial charge is 0.469 e. The van der Waals surface area contributed by atoms with Crippen LogP contribution in [0.5, 0.6) is 5.75 Å². The Balaban J connectivity index is 1.45. The minimum Gasteiger partial charge on any atom is -0.469 e. The number of fused-ring (bicyclic) bond motifs is 3. The molecule has 2 heterocycles. The first-order valence-corrected chi connectivity index (χ1v) is 9.07. The third-order valence-corrected chi connectivity index (χ3v) is 5.22. The first-order chi connectivity index (χ1) is 12.8. The fraction of sp³-hybridized carbons (Fsp3) is 0.174. The molecule has 0 aromatic heterocycles. The van der Waals surface area contributed by atoms with Crippen molar-refractivity contribution in [3.8, 4) is 16.9 Å². The average Bonchev–Trinajstić information content (AvgIpc) is 3.15. The number of benzene rings is 3. The highest BCUT2D eigenvalue weighted by Gasteiger charge is 2.37. The van der Waals surface area contributed by atoms with E-state index < -0.39 is 0 Å². The van der Waals surface area contributed by atoms with E-state index in [1.807, 2.05) is 12.1 Å². The Labute approximate surface area is 153 Å². The van der Waals surface area contributed by atoms with Crippen LogP contribution in [0.3, 0.4) is 0 Å². The molecule has 0 bridgehead atoms.